The van der Waals surface area contributed by atoms with Gasteiger partial charge in [0.05, 0.1) is 0 Å². The molecule has 0 saturated heterocycles. The van der Waals surface area contributed by atoms with Gasteiger partial charge in [-0.2, -0.15) is 0 Å². The molecule has 74 valence electrons. The van der Waals surface area contributed by atoms with Crippen LogP contribution in [0, 0.1) is 6.92 Å². The summed E-state index contributed by atoms with van der Waals surface area (Å²) < 4.78 is 0. The molecule has 0 aliphatic heterocycles. The Morgan fingerprint density at radius 3 is 2.07 bits per heavy atom. The van der Waals surface area contributed by atoms with E-state index < -0.39 is 0 Å². The molecule has 1 rings (SSSR count). The monoisotopic (exact) mass is 186 g/mol. The fourth-order valence-electron chi connectivity index (χ4n) is 0.952. The van der Waals surface area contributed by atoms with Crippen molar-refractivity contribution in [1.82, 2.24) is 0 Å². The van der Waals surface area contributed by atoms with Crippen molar-refractivity contribution in [2.24, 2.45) is 0 Å². The highest BCUT2D eigenvalue weighted by molar-refractivity contribution is 5.50. The van der Waals surface area contributed by atoms with E-state index in [1.165, 1.54) is 11.1 Å². The second kappa shape index (κ2) is 8.06. The summed E-state index contributed by atoms with van der Waals surface area (Å²) in [6.45, 7) is 11.2. The third-order valence-corrected chi connectivity index (χ3v) is 1.74. The van der Waals surface area contributed by atoms with Crippen LogP contribution in [0.3, 0.4) is 0 Å². The quantitative estimate of drug-likeness (QED) is 0.601. The lowest BCUT2D eigenvalue weighted by molar-refractivity contribution is 1.45. The van der Waals surface area contributed by atoms with Gasteiger partial charge in [-0.25, -0.2) is 0 Å². The molecule has 0 aliphatic carbocycles. The highest BCUT2D eigenvalue weighted by Crippen LogP contribution is 2.06. The number of aryl methyl sites for hydroxylation is 1. The Bertz CT molecular complexity index is 306. The van der Waals surface area contributed by atoms with Crippen LogP contribution in [0.15, 0.2) is 55.7 Å². The van der Waals surface area contributed by atoms with Gasteiger partial charge in [0.1, 0.15) is 0 Å². The molecule has 0 N–H and O–H groups in total. The Morgan fingerprint density at radius 1 is 1.14 bits per heavy atom. The van der Waals surface area contributed by atoms with E-state index in [9.17, 15) is 0 Å². The zero-order valence-electron chi connectivity index (χ0n) is 9.03. The Labute approximate surface area is 87.3 Å². The molecule has 0 heteroatoms. The van der Waals surface area contributed by atoms with E-state index in [-0.39, 0.29) is 0 Å². The van der Waals surface area contributed by atoms with Gasteiger partial charge < -0.3 is 0 Å². The van der Waals surface area contributed by atoms with Crippen LogP contribution in [0.4, 0.5) is 0 Å². The predicted molar refractivity (Wildman–Crippen MR) is 66.3 cm³/mol. The van der Waals surface area contributed by atoms with Crippen LogP contribution in [0.5, 0.6) is 0 Å². The summed E-state index contributed by atoms with van der Waals surface area (Å²) >= 11 is 0. The standard InChI is InChI=1S/C9H10.C5H8/c1-3-9-7-5-4-6-8(9)2;1-3-5-4-2/h3-7H,1H2,2H3;3-5H,1H2,2H3. The van der Waals surface area contributed by atoms with Gasteiger partial charge in [0.15, 0.2) is 0 Å². The number of allylic oxidation sites excluding steroid dienone is 3. The van der Waals surface area contributed by atoms with Gasteiger partial charge in [0.2, 0.25) is 0 Å². The molecule has 0 saturated carbocycles. The zero-order chi connectivity index (χ0) is 10.8. The van der Waals surface area contributed by atoms with Crippen molar-refractivity contribution < 1.29 is 0 Å². The zero-order valence-corrected chi connectivity index (χ0v) is 9.03. The molecule has 1 aromatic carbocycles. The third kappa shape index (κ3) is 5.15. The van der Waals surface area contributed by atoms with Gasteiger partial charge in [0.25, 0.3) is 0 Å². The normalized spacial score (nSPS) is 9.00. The number of rotatable bonds is 2. The third-order valence-electron chi connectivity index (χ3n) is 1.74. The Morgan fingerprint density at radius 2 is 1.79 bits per heavy atom. The summed E-state index contributed by atoms with van der Waals surface area (Å²) in [6.07, 6.45) is 7.45. The Kier molecular flexibility index (Phi) is 7.16. The molecule has 0 fully saturated rings. The second-order valence-corrected chi connectivity index (χ2v) is 2.82. The lowest BCUT2D eigenvalue weighted by Crippen LogP contribution is -1.75. The Hall–Kier alpha value is -1.56. The van der Waals surface area contributed by atoms with Crippen molar-refractivity contribution in [2.75, 3.05) is 0 Å². The predicted octanol–water partition coefficient (Wildman–Crippen LogP) is 4.39. The number of hydrogen-bond acceptors (Lipinski definition) is 0. The average Bonchev–Trinajstić information content (AvgIpc) is 2.21. The van der Waals surface area contributed by atoms with E-state index in [0.717, 1.165) is 0 Å². The van der Waals surface area contributed by atoms with E-state index in [0.29, 0.717) is 0 Å². The maximum Gasteiger partial charge on any atom is -0.0233 e. The van der Waals surface area contributed by atoms with Crippen LogP contribution in [-0.2, 0) is 0 Å². The minimum absolute atomic E-state index is 1.22. The lowest BCUT2D eigenvalue weighted by atomic mass is 10.1. The SMILES string of the molecule is C=CC=CC.C=Cc1ccccc1C. The summed E-state index contributed by atoms with van der Waals surface area (Å²) in [6, 6.07) is 8.19. The Balaban J connectivity index is 0.000000292. The minimum Gasteiger partial charge on any atom is -0.0991 e. The van der Waals surface area contributed by atoms with Crippen LogP contribution in [0.1, 0.15) is 18.1 Å². The molecule has 1 aromatic rings. The van der Waals surface area contributed by atoms with Gasteiger partial charge in [-0.1, -0.05) is 61.7 Å². The topological polar surface area (TPSA) is 0 Å². The molecular formula is C14H18. The number of benzene rings is 1. The van der Waals surface area contributed by atoms with Crippen LogP contribution >= 0.6 is 0 Å². The molecule has 0 unspecified atom stereocenters. The largest absolute Gasteiger partial charge is 0.0991 e. The summed E-state index contributed by atoms with van der Waals surface area (Å²) in [5.74, 6) is 0. The fourth-order valence-corrected chi connectivity index (χ4v) is 0.952. The van der Waals surface area contributed by atoms with Gasteiger partial charge in [-0.05, 0) is 25.0 Å². The molecular weight excluding hydrogens is 168 g/mol. The first-order valence-corrected chi connectivity index (χ1v) is 4.68. The van der Waals surface area contributed by atoms with Crippen LogP contribution in [0.2, 0.25) is 0 Å². The fraction of sp³-hybridized carbons (Fsp3) is 0.143. The van der Waals surface area contributed by atoms with Crippen molar-refractivity contribution in [2.45, 2.75) is 13.8 Å². The highest BCUT2D eigenvalue weighted by Gasteiger charge is 1.86. The van der Waals surface area contributed by atoms with E-state index in [1.54, 1.807) is 6.08 Å². The van der Waals surface area contributed by atoms with Crippen LogP contribution in [-0.4, -0.2) is 0 Å². The van der Waals surface area contributed by atoms with E-state index in [2.05, 4.69) is 32.2 Å². The highest BCUT2D eigenvalue weighted by atomic mass is 13.9. The molecule has 0 heterocycles. The molecule has 0 aliphatic rings. The smallest absolute Gasteiger partial charge is 0.0233 e. The summed E-state index contributed by atoms with van der Waals surface area (Å²) in [4.78, 5) is 0. The van der Waals surface area contributed by atoms with E-state index >= 15 is 0 Å². The van der Waals surface area contributed by atoms with Crippen molar-refractivity contribution >= 4 is 6.08 Å². The molecule has 0 amide bonds. The summed E-state index contributed by atoms with van der Waals surface area (Å²) in [5, 5.41) is 0. The molecule has 0 nitrogen and oxygen atoms in total. The maximum atomic E-state index is 3.69. The molecule has 0 bridgehead atoms. The van der Waals surface area contributed by atoms with E-state index in [1.807, 2.05) is 37.3 Å². The van der Waals surface area contributed by atoms with Gasteiger partial charge in [-0.3, -0.25) is 0 Å². The van der Waals surface area contributed by atoms with Crippen molar-refractivity contribution in [1.29, 1.82) is 0 Å². The van der Waals surface area contributed by atoms with Crippen LogP contribution < -0.4 is 0 Å². The average molecular weight is 186 g/mol. The maximum absolute atomic E-state index is 3.69. The van der Waals surface area contributed by atoms with E-state index in [4.69, 9.17) is 0 Å². The minimum atomic E-state index is 1.22. The van der Waals surface area contributed by atoms with Gasteiger partial charge >= 0.3 is 0 Å². The molecule has 0 aromatic heterocycles. The van der Waals surface area contributed by atoms with Crippen molar-refractivity contribution in [3.05, 3.63) is 66.8 Å². The summed E-state index contributed by atoms with van der Waals surface area (Å²) in [5.41, 5.74) is 2.50. The molecule has 14 heavy (non-hydrogen) atoms. The van der Waals surface area contributed by atoms with Gasteiger partial charge in [-0.15, -0.1) is 0 Å². The molecule has 0 spiro atoms. The molecule has 0 atom stereocenters. The lowest BCUT2D eigenvalue weighted by Gasteiger charge is -1.95. The van der Waals surface area contributed by atoms with Crippen LogP contribution in [0.25, 0.3) is 6.08 Å². The summed E-state index contributed by atoms with van der Waals surface area (Å²) in [7, 11) is 0. The second-order valence-electron chi connectivity index (χ2n) is 2.82. The number of hydrogen-bond donors (Lipinski definition) is 0. The first-order chi connectivity index (χ1) is 6.76. The first-order valence-electron chi connectivity index (χ1n) is 4.68. The van der Waals surface area contributed by atoms with Gasteiger partial charge in [0, 0.05) is 0 Å². The van der Waals surface area contributed by atoms with Crippen molar-refractivity contribution in [3.8, 4) is 0 Å². The van der Waals surface area contributed by atoms with Crippen molar-refractivity contribution in [3.63, 3.8) is 0 Å². The molecule has 0 radical (unpaired) electrons. The first kappa shape index (κ1) is 12.4.